The van der Waals surface area contributed by atoms with Crippen molar-refractivity contribution in [3.05, 3.63) is 22.6 Å². The van der Waals surface area contributed by atoms with Crippen LogP contribution in [-0.2, 0) is 11.3 Å². The summed E-state index contributed by atoms with van der Waals surface area (Å²) in [5.41, 5.74) is 6.16. The molecule has 0 bridgehead atoms. The molecule has 0 fully saturated rings. The molecule has 0 saturated carbocycles. The van der Waals surface area contributed by atoms with Gasteiger partial charge in [-0.15, -0.1) is 0 Å². The van der Waals surface area contributed by atoms with Gasteiger partial charge >= 0.3 is 0 Å². The highest BCUT2D eigenvalue weighted by atomic mass is 16.5. The Kier molecular flexibility index (Phi) is 7.14. The highest BCUT2D eigenvalue weighted by Crippen LogP contribution is 2.05. The highest BCUT2D eigenvalue weighted by Gasteiger charge is 2.04. The molecule has 6 nitrogen and oxygen atoms in total. The number of nitrogens with zero attached hydrogens (tertiary/aromatic N) is 3. The highest BCUT2D eigenvalue weighted by molar-refractivity contribution is 5.41. The number of ether oxygens (including phenoxy) is 1. The minimum Gasteiger partial charge on any atom is -0.380 e. The summed E-state index contributed by atoms with van der Waals surface area (Å²) in [6, 6.07) is 1.58. The fourth-order valence-corrected chi connectivity index (χ4v) is 1.62. The predicted octanol–water partition coefficient (Wildman–Crippen LogP) is 0.455. The fourth-order valence-electron chi connectivity index (χ4n) is 1.62. The first kappa shape index (κ1) is 15.7. The van der Waals surface area contributed by atoms with E-state index in [-0.39, 0.29) is 5.56 Å². The minimum absolute atomic E-state index is 0.111. The molecule has 1 rings (SSSR count). The summed E-state index contributed by atoms with van der Waals surface area (Å²) in [6.45, 7) is 5.11. The quantitative estimate of drug-likeness (QED) is 0.658. The SMILES string of the molecule is CCCCOCCn1ncc(N(C)CCN)cc1=O. The van der Waals surface area contributed by atoms with Crippen LogP contribution in [0.25, 0.3) is 0 Å². The van der Waals surface area contributed by atoms with Crippen LogP contribution in [0, 0.1) is 0 Å². The standard InChI is InChI=1S/C13H24N4O2/c1-3-4-8-19-9-7-17-13(18)10-12(11-15-17)16(2)6-5-14/h10-11H,3-9,14H2,1-2H3. The molecule has 2 N–H and O–H groups in total. The number of anilines is 1. The van der Waals surface area contributed by atoms with Gasteiger partial charge in [0.1, 0.15) is 0 Å². The summed E-state index contributed by atoms with van der Waals surface area (Å²) in [4.78, 5) is 13.8. The Balaban J connectivity index is 2.50. The zero-order valence-electron chi connectivity index (χ0n) is 11.8. The summed E-state index contributed by atoms with van der Waals surface area (Å²) >= 11 is 0. The van der Waals surface area contributed by atoms with Gasteiger partial charge in [0.25, 0.3) is 5.56 Å². The molecule has 0 amide bonds. The molecular formula is C13H24N4O2. The van der Waals surface area contributed by atoms with Crippen molar-refractivity contribution in [2.24, 2.45) is 5.73 Å². The molecule has 1 heterocycles. The van der Waals surface area contributed by atoms with Gasteiger partial charge in [-0.05, 0) is 6.42 Å². The number of hydrogen-bond donors (Lipinski definition) is 1. The van der Waals surface area contributed by atoms with E-state index in [1.165, 1.54) is 4.68 Å². The van der Waals surface area contributed by atoms with Crippen LogP contribution in [0.4, 0.5) is 5.69 Å². The average Bonchev–Trinajstić information content (AvgIpc) is 2.40. The summed E-state index contributed by atoms with van der Waals surface area (Å²) in [7, 11) is 1.89. The first-order valence-electron chi connectivity index (χ1n) is 6.75. The Bertz CT molecular complexity index is 419. The number of rotatable bonds is 9. The third-order valence-corrected chi connectivity index (χ3v) is 2.85. The fraction of sp³-hybridized carbons (Fsp3) is 0.692. The van der Waals surface area contributed by atoms with Gasteiger partial charge in [-0.3, -0.25) is 4.79 Å². The molecule has 6 heteroatoms. The maximum atomic E-state index is 11.9. The molecule has 0 radical (unpaired) electrons. The lowest BCUT2D eigenvalue weighted by Crippen LogP contribution is -2.29. The lowest BCUT2D eigenvalue weighted by Gasteiger charge is -2.17. The van der Waals surface area contributed by atoms with Crippen molar-refractivity contribution in [2.45, 2.75) is 26.3 Å². The van der Waals surface area contributed by atoms with E-state index in [1.54, 1.807) is 12.3 Å². The molecule has 0 spiro atoms. The van der Waals surface area contributed by atoms with Crippen molar-refractivity contribution >= 4 is 5.69 Å². The molecule has 0 aromatic carbocycles. The zero-order valence-corrected chi connectivity index (χ0v) is 11.8. The zero-order chi connectivity index (χ0) is 14.1. The van der Waals surface area contributed by atoms with Gasteiger partial charge in [-0.1, -0.05) is 13.3 Å². The van der Waals surface area contributed by atoms with Crippen LogP contribution in [0.3, 0.4) is 0 Å². The van der Waals surface area contributed by atoms with Crippen LogP contribution in [0.15, 0.2) is 17.1 Å². The summed E-state index contributed by atoms with van der Waals surface area (Å²) < 4.78 is 6.84. The van der Waals surface area contributed by atoms with E-state index in [0.29, 0.717) is 26.2 Å². The lowest BCUT2D eigenvalue weighted by atomic mass is 10.4. The molecule has 1 aromatic heterocycles. The smallest absolute Gasteiger partial charge is 0.268 e. The number of unbranched alkanes of at least 4 members (excludes halogenated alkanes) is 1. The van der Waals surface area contributed by atoms with E-state index in [2.05, 4.69) is 12.0 Å². The van der Waals surface area contributed by atoms with Crippen LogP contribution < -0.4 is 16.2 Å². The van der Waals surface area contributed by atoms with E-state index in [4.69, 9.17) is 10.5 Å². The Morgan fingerprint density at radius 1 is 1.47 bits per heavy atom. The Morgan fingerprint density at radius 2 is 2.26 bits per heavy atom. The monoisotopic (exact) mass is 268 g/mol. The first-order valence-corrected chi connectivity index (χ1v) is 6.75. The van der Waals surface area contributed by atoms with E-state index in [9.17, 15) is 4.79 Å². The van der Waals surface area contributed by atoms with Crippen molar-refractivity contribution in [1.29, 1.82) is 0 Å². The third kappa shape index (κ3) is 5.40. The van der Waals surface area contributed by atoms with Gasteiger partial charge in [-0.2, -0.15) is 5.10 Å². The summed E-state index contributed by atoms with van der Waals surface area (Å²) in [6.07, 6.45) is 3.84. The number of likely N-dealkylation sites (N-methyl/N-ethyl adjacent to an activating group) is 1. The minimum atomic E-state index is -0.111. The van der Waals surface area contributed by atoms with Crippen molar-refractivity contribution in [3.8, 4) is 0 Å². The van der Waals surface area contributed by atoms with Crippen LogP contribution in [-0.4, -0.2) is 43.1 Å². The molecular weight excluding hydrogens is 244 g/mol. The molecule has 0 aliphatic heterocycles. The van der Waals surface area contributed by atoms with Gasteiger partial charge in [0.15, 0.2) is 0 Å². The third-order valence-electron chi connectivity index (χ3n) is 2.85. The largest absolute Gasteiger partial charge is 0.380 e. The molecule has 0 atom stereocenters. The maximum Gasteiger partial charge on any atom is 0.268 e. The summed E-state index contributed by atoms with van der Waals surface area (Å²) in [5.74, 6) is 0. The Hall–Kier alpha value is -1.40. The van der Waals surface area contributed by atoms with Crippen LogP contribution in [0.1, 0.15) is 19.8 Å². The molecule has 108 valence electrons. The molecule has 1 aromatic rings. The van der Waals surface area contributed by atoms with Crippen LogP contribution >= 0.6 is 0 Å². The molecule has 0 unspecified atom stereocenters. The van der Waals surface area contributed by atoms with Gasteiger partial charge < -0.3 is 15.4 Å². The van der Waals surface area contributed by atoms with E-state index in [1.807, 2.05) is 11.9 Å². The van der Waals surface area contributed by atoms with Gasteiger partial charge in [0, 0.05) is 32.8 Å². The van der Waals surface area contributed by atoms with Crippen molar-refractivity contribution < 1.29 is 4.74 Å². The normalized spacial score (nSPS) is 10.7. The molecule has 19 heavy (non-hydrogen) atoms. The van der Waals surface area contributed by atoms with Crippen molar-refractivity contribution in [3.63, 3.8) is 0 Å². The number of nitrogens with two attached hydrogens (primary N) is 1. The van der Waals surface area contributed by atoms with Crippen molar-refractivity contribution in [1.82, 2.24) is 9.78 Å². The molecule has 0 aliphatic carbocycles. The number of aromatic nitrogens is 2. The second-order valence-corrected chi connectivity index (χ2v) is 4.45. The molecule has 0 saturated heterocycles. The second-order valence-electron chi connectivity index (χ2n) is 4.45. The van der Waals surface area contributed by atoms with Gasteiger partial charge in [0.05, 0.1) is 25.0 Å². The average molecular weight is 268 g/mol. The van der Waals surface area contributed by atoms with E-state index >= 15 is 0 Å². The molecule has 0 aliphatic rings. The summed E-state index contributed by atoms with van der Waals surface area (Å²) in [5, 5.41) is 4.14. The van der Waals surface area contributed by atoms with Crippen LogP contribution in [0.2, 0.25) is 0 Å². The second kappa shape index (κ2) is 8.66. The van der Waals surface area contributed by atoms with Gasteiger partial charge in [-0.25, -0.2) is 4.68 Å². The Labute approximate surface area is 114 Å². The first-order chi connectivity index (χ1) is 9.19. The topological polar surface area (TPSA) is 73.4 Å². The van der Waals surface area contributed by atoms with Crippen LogP contribution in [0.5, 0.6) is 0 Å². The van der Waals surface area contributed by atoms with E-state index < -0.39 is 0 Å². The van der Waals surface area contributed by atoms with Crippen molar-refractivity contribution in [2.75, 3.05) is 38.3 Å². The lowest BCUT2D eigenvalue weighted by molar-refractivity contribution is 0.120. The number of hydrogen-bond acceptors (Lipinski definition) is 5. The van der Waals surface area contributed by atoms with E-state index in [0.717, 1.165) is 25.1 Å². The Morgan fingerprint density at radius 3 is 2.89 bits per heavy atom. The predicted molar refractivity (Wildman–Crippen MR) is 76.5 cm³/mol. The van der Waals surface area contributed by atoms with Gasteiger partial charge in [0.2, 0.25) is 0 Å². The maximum absolute atomic E-state index is 11.9.